The molecule has 0 heterocycles. The summed E-state index contributed by atoms with van der Waals surface area (Å²) in [6, 6.07) is 12.6. The molecule has 0 radical (unpaired) electrons. The van der Waals surface area contributed by atoms with Crippen LogP contribution in [-0.2, 0) is 15.8 Å². The molecule has 3 N–H and O–H groups in total. The van der Waals surface area contributed by atoms with E-state index in [1.807, 2.05) is 30.3 Å². The Kier molecular flexibility index (Phi) is 8.63. The standard InChI is InChI=1S/C22H23F3N2O4/c1-15(27-20(29)11-10-16-6-3-2-4-7-16)21(30)26-13-18(28)14-31-19-9-5-8-17(12-19)22(23,24)25/h2-12,15,18,28H,13-14H2,1H3,(H,26,30)(H,27,29)/b11-10+. The highest BCUT2D eigenvalue weighted by Gasteiger charge is 2.30. The summed E-state index contributed by atoms with van der Waals surface area (Å²) in [6.45, 7) is 0.967. The molecule has 6 nitrogen and oxygen atoms in total. The van der Waals surface area contributed by atoms with E-state index in [0.717, 1.165) is 17.7 Å². The molecule has 166 valence electrons. The quantitative estimate of drug-likeness (QED) is 0.528. The lowest BCUT2D eigenvalue weighted by Crippen LogP contribution is -2.46. The van der Waals surface area contributed by atoms with Crippen LogP contribution in [0, 0.1) is 0 Å². The van der Waals surface area contributed by atoms with E-state index < -0.39 is 35.7 Å². The third kappa shape index (κ3) is 8.51. The van der Waals surface area contributed by atoms with Gasteiger partial charge >= 0.3 is 6.18 Å². The van der Waals surface area contributed by atoms with Crippen molar-refractivity contribution in [2.75, 3.05) is 13.2 Å². The van der Waals surface area contributed by atoms with Gasteiger partial charge < -0.3 is 20.5 Å². The fourth-order valence-corrected chi connectivity index (χ4v) is 2.45. The Labute approximate surface area is 177 Å². The number of amides is 2. The molecule has 0 bridgehead atoms. The number of benzene rings is 2. The highest BCUT2D eigenvalue weighted by atomic mass is 19.4. The van der Waals surface area contributed by atoms with Gasteiger partial charge in [0, 0.05) is 12.6 Å². The molecule has 0 spiro atoms. The second-order valence-corrected chi connectivity index (χ2v) is 6.71. The molecule has 2 atom stereocenters. The highest BCUT2D eigenvalue weighted by Crippen LogP contribution is 2.31. The van der Waals surface area contributed by atoms with Crippen molar-refractivity contribution in [3.05, 3.63) is 71.8 Å². The molecule has 0 saturated carbocycles. The second kappa shape index (κ2) is 11.2. The minimum atomic E-state index is -4.50. The monoisotopic (exact) mass is 436 g/mol. The van der Waals surface area contributed by atoms with Crippen molar-refractivity contribution in [1.82, 2.24) is 10.6 Å². The normalized spacial score (nSPS) is 13.5. The number of aliphatic hydroxyl groups excluding tert-OH is 1. The van der Waals surface area contributed by atoms with Gasteiger partial charge in [-0.05, 0) is 36.8 Å². The Bertz CT molecular complexity index is 901. The maximum atomic E-state index is 12.7. The first-order chi connectivity index (χ1) is 14.6. The van der Waals surface area contributed by atoms with Crippen molar-refractivity contribution in [3.8, 4) is 5.75 Å². The fourth-order valence-electron chi connectivity index (χ4n) is 2.45. The summed E-state index contributed by atoms with van der Waals surface area (Å²) in [5.74, 6) is -1.04. The molecule has 0 fully saturated rings. The largest absolute Gasteiger partial charge is 0.491 e. The van der Waals surface area contributed by atoms with Crippen LogP contribution in [0.1, 0.15) is 18.1 Å². The molecule has 0 aromatic heterocycles. The van der Waals surface area contributed by atoms with Crippen LogP contribution in [0.4, 0.5) is 13.2 Å². The van der Waals surface area contributed by atoms with E-state index in [-0.39, 0.29) is 18.9 Å². The Balaban J connectivity index is 1.73. The van der Waals surface area contributed by atoms with Crippen LogP contribution in [0.15, 0.2) is 60.7 Å². The zero-order chi connectivity index (χ0) is 22.9. The second-order valence-electron chi connectivity index (χ2n) is 6.71. The first-order valence-corrected chi connectivity index (χ1v) is 9.44. The van der Waals surface area contributed by atoms with Crippen LogP contribution in [0.25, 0.3) is 6.08 Å². The van der Waals surface area contributed by atoms with E-state index in [0.29, 0.717) is 0 Å². The Morgan fingerprint density at radius 2 is 1.84 bits per heavy atom. The summed E-state index contributed by atoms with van der Waals surface area (Å²) >= 11 is 0. The van der Waals surface area contributed by atoms with Gasteiger partial charge in [0.25, 0.3) is 0 Å². The average molecular weight is 436 g/mol. The van der Waals surface area contributed by atoms with E-state index in [1.54, 1.807) is 6.08 Å². The topological polar surface area (TPSA) is 87.7 Å². The van der Waals surface area contributed by atoms with Crippen LogP contribution in [0.3, 0.4) is 0 Å². The highest BCUT2D eigenvalue weighted by molar-refractivity contribution is 5.95. The van der Waals surface area contributed by atoms with E-state index in [4.69, 9.17) is 4.74 Å². The molecule has 2 amide bonds. The molecule has 2 aromatic carbocycles. The molecule has 0 aliphatic carbocycles. The third-order valence-electron chi connectivity index (χ3n) is 4.09. The minimum absolute atomic E-state index is 0.0500. The van der Waals surface area contributed by atoms with Gasteiger partial charge in [-0.2, -0.15) is 13.2 Å². The number of halogens is 3. The predicted octanol–water partition coefficient (Wildman–Crippen LogP) is 2.78. The lowest BCUT2D eigenvalue weighted by Gasteiger charge is -2.17. The molecule has 0 aliphatic rings. The fraction of sp³-hybridized carbons (Fsp3) is 0.273. The lowest BCUT2D eigenvalue weighted by atomic mass is 10.2. The van der Waals surface area contributed by atoms with Crippen LogP contribution in [0.2, 0.25) is 0 Å². The van der Waals surface area contributed by atoms with Crippen LogP contribution in [-0.4, -0.2) is 42.2 Å². The van der Waals surface area contributed by atoms with Gasteiger partial charge in [0.05, 0.1) is 5.56 Å². The first-order valence-electron chi connectivity index (χ1n) is 9.44. The summed E-state index contributed by atoms with van der Waals surface area (Å²) in [5.41, 5.74) is -0.0303. The van der Waals surface area contributed by atoms with E-state index >= 15 is 0 Å². The first kappa shape index (κ1) is 23.9. The van der Waals surface area contributed by atoms with E-state index in [2.05, 4.69) is 10.6 Å². The number of hydrogen-bond donors (Lipinski definition) is 3. The minimum Gasteiger partial charge on any atom is -0.491 e. The molecule has 2 aromatic rings. The molecule has 9 heteroatoms. The van der Waals surface area contributed by atoms with Gasteiger partial charge in [-0.1, -0.05) is 36.4 Å². The zero-order valence-electron chi connectivity index (χ0n) is 16.7. The van der Waals surface area contributed by atoms with Crippen molar-refractivity contribution in [1.29, 1.82) is 0 Å². The van der Waals surface area contributed by atoms with Crippen molar-refractivity contribution in [2.45, 2.75) is 25.2 Å². The predicted molar refractivity (Wildman–Crippen MR) is 109 cm³/mol. The summed E-state index contributed by atoms with van der Waals surface area (Å²) in [5, 5.41) is 14.8. The van der Waals surface area contributed by atoms with Gasteiger partial charge in [0.15, 0.2) is 0 Å². The number of nitrogens with one attached hydrogen (secondary N) is 2. The molecule has 0 aliphatic heterocycles. The van der Waals surface area contributed by atoms with Gasteiger partial charge in [0.1, 0.15) is 24.5 Å². The Morgan fingerprint density at radius 1 is 1.13 bits per heavy atom. The zero-order valence-corrected chi connectivity index (χ0v) is 16.7. The number of carbonyl (C=O) groups excluding carboxylic acids is 2. The summed E-state index contributed by atoms with van der Waals surface area (Å²) in [6.07, 6.45) is -2.74. The molecular weight excluding hydrogens is 413 g/mol. The Hall–Kier alpha value is -3.33. The van der Waals surface area contributed by atoms with Crippen molar-refractivity contribution >= 4 is 17.9 Å². The number of rotatable bonds is 9. The summed E-state index contributed by atoms with van der Waals surface area (Å²) < 4.78 is 43.2. The van der Waals surface area contributed by atoms with Gasteiger partial charge in [-0.25, -0.2) is 0 Å². The van der Waals surface area contributed by atoms with Crippen LogP contribution < -0.4 is 15.4 Å². The van der Waals surface area contributed by atoms with Crippen LogP contribution >= 0.6 is 0 Å². The number of aliphatic hydroxyl groups is 1. The summed E-state index contributed by atoms with van der Waals surface area (Å²) in [7, 11) is 0. The summed E-state index contributed by atoms with van der Waals surface area (Å²) in [4.78, 5) is 24.0. The van der Waals surface area contributed by atoms with Crippen molar-refractivity contribution < 1.29 is 32.6 Å². The molecule has 2 rings (SSSR count). The molecule has 2 unspecified atom stereocenters. The average Bonchev–Trinajstić information content (AvgIpc) is 2.75. The van der Waals surface area contributed by atoms with Crippen LogP contribution in [0.5, 0.6) is 5.75 Å². The number of hydrogen-bond acceptors (Lipinski definition) is 4. The SMILES string of the molecule is CC(NC(=O)/C=C/c1ccccc1)C(=O)NCC(O)COc1cccc(C(F)(F)F)c1. The van der Waals surface area contributed by atoms with Crippen molar-refractivity contribution in [3.63, 3.8) is 0 Å². The van der Waals surface area contributed by atoms with Crippen molar-refractivity contribution in [2.24, 2.45) is 0 Å². The van der Waals surface area contributed by atoms with E-state index in [1.165, 1.54) is 25.1 Å². The third-order valence-corrected chi connectivity index (χ3v) is 4.09. The molecule has 31 heavy (non-hydrogen) atoms. The number of carbonyl (C=O) groups is 2. The lowest BCUT2D eigenvalue weighted by molar-refractivity contribution is -0.137. The van der Waals surface area contributed by atoms with E-state index in [9.17, 15) is 27.9 Å². The number of ether oxygens (including phenoxy) is 1. The smallest absolute Gasteiger partial charge is 0.416 e. The molecular formula is C22H23F3N2O4. The molecule has 0 saturated heterocycles. The van der Waals surface area contributed by atoms with Gasteiger partial charge in [0.2, 0.25) is 11.8 Å². The van der Waals surface area contributed by atoms with Gasteiger partial charge in [-0.15, -0.1) is 0 Å². The maximum Gasteiger partial charge on any atom is 0.416 e. The maximum absolute atomic E-state index is 12.7. The Morgan fingerprint density at radius 3 is 2.52 bits per heavy atom. The number of alkyl halides is 3. The van der Waals surface area contributed by atoms with Gasteiger partial charge in [-0.3, -0.25) is 9.59 Å².